The fourth-order valence-corrected chi connectivity index (χ4v) is 2.77. The lowest BCUT2D eigenvalue weighted by molar-refractivity contribution is 0.0772. The van der Waals surface area contributed by atoms with Crippen LogP contribution in [0.25, 0.3) is 0 Å². The van der Waals surface area contributed by atoms with Gasteiger partial charge in [0.15, 0.2) is 11.5 Å². The van der Waals surface area contributed by atoms with Crippen molar-refractivity contribution in [1.82, 2.24) is 9.80 Å². The Hall–Kier alpha value is -1.75. The van der Waals surface area contributed by atoms with Gasteiger partial charge < -0.3 is 19.3 Å². The Kier molecular flexibility index (Phi) is 6.07. The third-order valence-corrected chi connectivity index (χ3v) is 4.18. The van der Waals surface area contributed by atoms with Crippen LogP contribution >= 0.6 is 0 Å². The van der Waals surface area contributed by atoms with Crippen molar-refractivity contribution in [2.45, 2.75) is 19.3 Å². The molecule has 0 bridgehead atoms. The number of ether oxygens (including phenoxy) is 2. The number of nitrogens with zero attached hydrogens (tertiary/aromatic N) is 2. The summed E-state index contributed by atoms with van der Waals surface area (Å²) in [6, 6.07) is 5.28. The van der Waals surface area contributed by atoms with Gasteiger partial charge in [-0.2, -0.15) is 0 Å². The molecule has 0 unspecified atom stereocenters. The van der Waals surface area contributed by atoms with Crippen LogP contribution in [0.5, 0.6) is 11.5 Å². The molecule has 1 aliphatic rings. The number of hydrogen-bond acceptors (Lipinski definition) is 4. The van der Waals surface area contributed by atoms with E-state index in [-0.39, 0.29) is 5.91 Å². The first-order valence-electron chi connectivity index (χ1n) is 7.85. The molecule has 1 fully saturated rings. The monoisotopic (exact) mass is 306 g/mol. The molecule has 0 spiro atoms. The van der Waals surface area contributed by atoms with Gasteiger partial charge in [-0.3, -0.25) is 4.79 Å². The molecule has 22 heavy (non-hydrogen) atoms. The average molecular weight is 306 g/mol. The second-order valence-electron chi connectivity index (χ2n) is 5.70. The fraction of sp³-hybridized carbons (Fsp3) is 0.588. The first-order chi connectivity index (χ1) is 10.7. The Balaban J connectivity index is 1.94. The van der Waals surface area contributed by atoms with Crippen molar-refractivity contribution < 1.29 is 14.3 Å². The van der Waals surface area contributed by atoms with Crippen LogP contribution in [0.4, 0.5) is 0 Å². The van der Waals surface area contributed by atoms with Crippen molar-refractivity contribution >= 4 is 5.91 Å². The van der Waals surface area contributed by atoms with Crippen molar-refractivity contribution in [2.75, 3.05) is 47.4 Å². The van der Waals surface area contributed by atoms with Gasteiger partial charge in [-0.1, -0.05) is 6.42 Å². The van der Waals surface area contributed by atoms with Crippen molar-refractivity contribution in [2.24, 2.45) is 0 Å². The Labute approximate surface area is 132 Å². The maximum atomic E-state index is 12.5. The summed E-state index contributed by atoms with van der Waals surface area (Å²) in [5.41, 5.74) is 0.624. The third-order valence-electron chi connectivity index (χ3n) is 4.18. The van der Waals surface area contributed by atoms with Gasteiger partial charge in [0.1, 0.15) is 0 Å². The average Bonchev–Trinajstić information content (AvgIpc) is 2.59. The Morgan fingerprint density at radius 1 is 1.14 bits per heavy atom. The molecule has 1 heterocycles. The normalized spacial score (nSPS) is 15.4. The van der Waals surface area contributed by atoms with E-state index < -0.39 is 0 Å². The molecule has 1 aromatic rings. The molecular formula is C17H26N2O3. The maximum Gasteiger partial charge on any atom is 0.253 e. The highest BCUT2D eigenvalue weighted by molar-refractivity contribution is 5.94. The first kappa shape index (κ1) is 16.6. The Morgan fingerprint density at radius 3 is 2.45 bits per heavy atom. The smallest absolute Gasteiger partial charge is 0.253 e. The number of likely N-dealkylation sites (tertiary alicyclic amines) is 1. The van der Waals surface area contributed by atoms with Gasteiger partial charge in [0.05, 0.1) is 14.2 Å². The fourth-order valence-electron chi connectivity index (χ4n) is 2.77. The van der Waals surface area contributed by atoms with E-state index in [1.54, 1.807) is 37.3 Å². The molecule has 1 aliphatic heterocycles. The molecule has 122 valence electrons. The summed E-state index contributed by atoms with van der Waals surface area (Å²) in [5.74, 6) is 1.23. The van der Waals surface area contributed by atoms with E-state index in [1.165, 1.54) is 19.3 Å². The van der Waals surface area contributed by atoms with Gasteiger partial charge in [-0.25, -0.2) is 0 Å². The van der Waals surface area contributed by atoms with Gasteiger partial charge in [0, 0.05) is 25.7 Å². The summed E-state index contributed by atoms with van der Waals surface area (Å²) in [6.45, 7) is 3.99. The van der Waals surface area contributed by atoms with Gasteiger partial charge in [-0.15, -0.1) is 0 Å². The highest BCUT2D eigenvalue weighted by Crippen LogP contribution is 2.27. The number of carbonyl (C=O) groups excluding carboxylic acids is 1. The zero-order valence-corrected chi connectivity index (χ0v) is 13.8. The molecule has 0 aromatic heterocycles. The second kappa shape index (κ2) is 8.03. The maximum absolute atomic E-state index is 12.5. The number of amides is 1. The van der Waals surface area contributed by atoms with E-state index in [2.05, 4.69) is 4.90 Å². The Morgan fingerprint density at radius 2 is 1.82 bits per heavy atom. The molecule has 0 aliphatic carbocycles. The number of hydrogen-bond donors (Lipinski definition) is 0. The SMILES string of the molecule is COc1ccc(C(=O)N(C)CCN2CCCCC2)cc1OC. The number of methoxy groups -OCH3 is 2. The number of piperidine rings is 1. The summed E-state index contributed by atoms with van der Waals surface area (Å²) >= 11 is 0. The summed E-state index contributed by atoms with van der Waals surface area (Å²) in [5, 5.41) is 0. The molecule has 1 saturated heterocycles. The van der Waals surface area contributed by atoms with Crippen LogP contribution in [-0.4, -0.2) is 63.2 Å². The molecule has 1 aromatic carbocycles. The lowest BCUT2D eigenvalue weighted by atomic mass is 10.1. The minimum Gasteiger partial charge on any atom is -0.493 e. The van der Waals surface area contributed by atoms with E-state index in [9.17, 15) is 4.79 Å². The molecule has 0 N–H and O–H groups in total. The van der Waals surface area contributed by atoms with Crippen LogP contribution in [0.1, 0.15) is 29.6 Å². The third kappa shape index (κ3) is 4.13. The number of likely N-dealkylation sites (N-methyl/N-ethyl adjacent to an activating group) is 1. The molecule has 5 nitrogen and oxygen atoms in total. The lowest BCUT2D eigenvalue weighted by Gasteiger charge is -2.28. The molecule has 5 heteroatoms. The van der Waals surface area contributed by atoms with Gasteiger partial charge >= 0.3 is 0 Å². The van der Waals surface area contributed by atoms with E-state index in [1.807, 2.05) is 7.05 Å². The predicted molar refractivity (Wildman–Crippen MR) is 86.8 cm³/mol. The van der Waals surface area contributed by atoms with Crippen LogP contribution in [0.15, 0.2) is 18.2 Å². The molecule has 0 atom stereocenters. The minimum absolute atomic E-state index is 0.0120. The zero-order chi connectivity index (χ0) is 15.9. The topological polar surface area (TPSA) is 42.0 Å². The van der Waals surface area contributed by atoms with Crippen LogP contribution < -0.4 is 9.47 Å². The summed E-state index contributed by atoms with van der Waals surface area (Å²) in [4.78, 5) is 16.7. The number of benzene rings is 1. The van der Waals surface area contributed by atoms with Crippen LogP contribution in [0.2, 0.25) is 0 Å². The zero-order valence-electron chi connectivity index (χ0n) is 13.8. The van der Waals surface area contributed by atoms with Crippen molar-refractivity contribution in [3.8, 4) is 11.5 Å². The summed E-state index contributed by atoms with van der Waals surface area (Å²) in [6.07, 6.45) is 3.87. The van der Waals surface area contributed by atoms with Gasteiger partial charge in [0.25, 0.3) is 5.91 Å². The quantitative estimate of drug-likeness (QED) is 0.808. The Bertz CT molecular complexity index is 499. The van der Waals surface area contributed by atoms with E-state index in [0.29, 0.717) is 17.1 Å². The second-order valence-corrected chi connectivity index (χ2v) is 5.70. The molecule has 2 rings (SSSR count). The standard InChI is InChI=1S/C17H26N2O3/c1-18(11-12-19-9-5-4-6-10-19)17(20)14-7-8-15(21-2)16(13-14)22-3/h7-8,13H,4-6,9-12H2,1-3H3. The van der Waals surface area contributed by atoms with E-state index >= 15 is 0 Å². The predicted octanol–water partition coefficient (Wildman–Crippen LogP) is 2.26. The van der Waals surface area contributed by atoms with E-state index in [0.717, 1.165) is 26.2 Å². The summed E-state index contributed by atoms with van der Waals surface area (Å²) < 4.78 is 10.5. The minimum atomic E-state index is 0.0120. The highest BCUT2D eigenvalue weighted by atomic mass is 16.5. The van der Waals surface area contributed by atoms with Crippen LogP contribution in [-0.2, 0) is 0 Å². The number of rotatable bonds is 6. The number of carbonyl (C=O) groups is 1. The molecule has 0 saturated carbocycles. The first-order valence-corrected chi connectivity index (χ1v) is 7.85. The molecular weight excluding hydrogens is 280 g/mol. The highest BCUT2D eigenvalue weighted by Gasteiger charge is 2.16. The van der Waals surface area contributed by atoms with Crippen molar-refractivity contribution in [1.29, 1.82) is 0 Å². The summed E-state index contributed by atoms with van der Waals surface area (Å²) in [7, 11) is 5.01. The van der Waals surface area contributed by atoms with Crippen LogP contribution in [0, 0.1) is 0 Å². The molecule has 0 radical (unpaired) electrons. The van der Waals surface area contributed by atoms with Crippen molar-refractivity contribution in [3.63, 3.8) is 0 Å². The lowest BCUT2D eigenvalue weighted by Crippen LogP contribution is -2.38. The largest absolute Gasteiger partial charge is 0.493 e. The van der Waals surface area contributed by atoms with Gasteiger partial charge in [-0.05, 0) is 44.1 Å². The van der Waals surface area contributed by atoms with Crippen molar-refractivity contribution in [3.05, 3.63) is 23.8 Å². The van der Waals surface area contributed by atoms with E-state index in [4.69, 9.17) is 9.47 Å². The molecule has 1 amide bonds. The van der Waals surface area contributed by atoms with Gasteiger partial charge in [0.2, 0.25) is 0 Å². The van der Waals surface area contributed by atoms with Crippen LogP contribution in [0.3, 0.4) is 0 Å².